The molecule has 5 fully saturated rings. The number of carbonyl (C=O) groups is 1. The minimum Gasteiger partial charge on any atom is -0.445 e. The van der Waals surface area contributed by atoms with Crippen molar-refractivity contribution < 1.29 is 18.8 Å². The van der Waals surface area contributed by atoms with E-state index in [4.69, 9.17) is 14.0 Å². The van der Waals surface area contributed by atoms with Gasteiger partial charge in [0, 0.05) is 6.54 Å². The predicted molar refractivity (Wildman–Crippen MR) is 116 cm³/mol. The van der Waals surface area contributed by atoms with Crippen LogP contribution in [0.3, 0.4) is 0 Å². The van der Waals surface area contributed by atoms with Crippen molar-refractivity contribution in [1.82, 2.24) is 10.2 Å². The summed E-state index contributed by atoms with van der Waals surface area (Å²) in [7, 11) is -0.367. The highest BCUT2D eigenvalue weighted by Crippen LogP contribution is 2.45. The number of nitrogens with zero attached hydrogens (tertiary/aromatic N) is 1. The van der Waals surface area contributed by atoms with E-state index in [0.717, 1.165) is 56.3 Å². The molecule has 1 saturated carbocycles. The lowest BCUT2D eigenvalue weighted by Crippen LogP contribution is -2.53. The van der Waals surface area contributed by atoms with Crippen LogP contribution >= 0.6 is 0 Å². The fourth-order valence-electron chi connectivity index (χ4n) is 4.96. The highest BCUT2D eigenvalue weighted by Gasteiger charge is 2.52. The monoisotopic (exact) mass is 412 g/mol. The standard InChI is InChI=1S/C23H33BN2O4/c1-21(2)22(3,4)30-24(29-21)18-7-5-17(6-8-18)23(11-12-23)25-20(27)28-19-15-26-13-9-16(19)10-14-26/h5-8,16,19H,9-15H2,1-4H3,(H,25,27)/t19-/m1/s1. The summed E-state index contributed by atoms with van der Waals surface area (Å²) in [5, 5.41) is 3.16. The van der Waals surface area contributed by atoms with Gasteiger partial charge in [0.2, 0.25) is 0 Å². The lowest BCUT2D eigenvalue weighted by Gasteiger charge is -2.44. The third-order valence-electron chi connectivity index (χ3n) is 7.93. The fourth-order valence-corrected chi connectivity index (χ4v) is 4.96. The number of carbonyl (C=O) groups excluding carboxylic acids is 1. The Morgan fingerprint density at radius 3 is 2.17 bits per heavy atom. The molecule has 162 valence electrons. The Morgan fingerprint density at radius 1 is 1.07 bits per heavy atom. The van der Waals surface area contributed by atoms with Gasteiger partial charge in [-0.3, -0.25) is 4.90 Å². The summed E-state index contributed by atoms with van der Waals surface area (Å²) in [5.41, 5.74) is 1.12. The SMILES string of the molecule is CC1(C)OB(c2ccc(C3(NC(=O)O[C@@H]4CN5CCC4CC5)CC3)cc2)OC1(C)C. The number of rotatable bonds is 4. The van der Waals surface area contributed by atoms with Crippen LogP contribution in [-0.2, 0) is 19.6 Å². The third kappa shape index (κ3) is 3.55. The molecule has 1 aliphatic carbocycles. The van der Waals surface area contributed by atoms with Crippen LogP contribution < -0.4 is 10.8 Å². The predicted octanol–water partition coefficient (Wildman–Crippen LogP) is 2.80. The highest BCUT2D eigenvalue weighted by molar-refractivity contribution is 6.62. The summed E-state index contributed by atoms with van der Waals surface area (Å²) in [6.45, 7) is 11.4. The molecule has 30 heavy (non-hydrogen) atoms. The molecule has 7 heteroatoms. The van der Waals surface area contributed by atoms with Crippen molar-refractivity contribution in [3.63, 3.8) is 0 Å². The van der Waals surface area contributed by atoms with E-state index in [0.29, 0.717) is 5.92 Å². The van der Waals surface area contributed by atoms with Crippen LogP contribution in [-0.4, -0.2) is 55.1 Å². The van der Waals surface area contributed by atoms with E-state index in [1.807, 2.05) is 0 Å². The van der Waals surface area contributed by atoms with E-state index >= 15 is 0 Å². The molecular formula is C23H33BN2O4. The van der Waals surface area contributed by atoms with Gasteiger partial charge in [-0.1, -0.05) is 24.3 Å². The Morgan fingerprint density at radius 2 is 1.67 bits per heavy atom. The van der Waals surface area contributed by atoms with Gasteiger partial charge in [-0.2, -0.15) is 0 Å². The molecule has 0 spiro atoms. The number of hydrogen-bond acceptors (Lipinski definition) is 5. The Hall–Kier alpha value is -1.57. The molecule has 0 aromatic heterocycles. The minimum atomic E-state index is -0.367. The molecule has 0 radical (unpaired) electrons. The van der Waals surface area contributed by atoms with E-state index in [1.54, 1.807) is 0 Å². The number of piperidine rings is 3. The van der Waals surface area contributed by atoms with Crippen LogP contribution in [0.4, 0.5) is 4.79 Å². The third-order valence-corrected chi connectivity index (χ3v) is 7.93. The second-order valence-corrected chi connectivity index (χ2v) is 10.5. The molecule has 0 unspecified atom stereocenters. The number of hydrogen-bond donors (Lipinski definition) is 1. The first-order valence-corrected chi connectivity index (χ1v) is 11.3. The number of alkyl carbamates (subject to hydrolysis) is 1. The summed E-state index contributed by atoms with van der Waals surface area (Å²) in [5.74, 6) is 0.523. The van der Waals surface area contributed by atoms with E-state index in [1.165, 1.54) is 0 Å². The van der Waals surface area contributed by atoms with Crippen LogP contribution in [0.25, 0.3) is 0 Å². The molecule has 1 N–H and O–H groups in total. The normalized spacial score (nSPS) is 32.7. The van der Waals surface area contributed by atoms with Gasteiger partial charge in [0.25, 0.3) is 0 Å². The van der Waals surface area contributed by atoms with Crippen molar-refractivity contribution in [1.29, 1.82) is 0 Å². The average Bonchev–Trinajstić information content (AvgIpc) is 3.44. The van der Waals surface area contributed by atoms with Crippen LogP contribution in [0.5, 0.6) is 0 Å². The van der Waals surface area contributed by atoms with Crippen molar-refractivity contribution >= 4 is 18.7 Å². The lowest BCUT2D eigenvalue weighted by atomic mass is 9.78. The van der Waals surface area contributed by atoms with Crippen molar-refractivity contribution in [2.45, 2.75) is 76.2 Å². The molecule has 5 aliphatic rings. The Bertz CT molecular complexity index is 797. The maximum absolute atomic E-state index is 12.6. The summed E-state index contributed by atoms with van der Waals surface area (Å²) in [6.07, 6.45) is 3.93. The van der Waals surface area contributed by atoms with Gasteiger partial charge in [-0.05, 0) is 83.4 Å². The maximum atomic E-state index is 12.6. The minimum absolute atomic E-state index is 0.0362. The molecule has 6 rings (SSSR count). The van der Waals surface area contributed by atoms with E-state index < -0.39 is 0 Å². The molecule has 6 nitrogen and oxygen atoms in total. The first kappa shape index (κ1) is 20.3. The van der Waals surface area contributed by atoms with Crippen molar-refractivity contribution in [2.24, 2.45) is 5.92 Å². The largest absolute Gasteiger partial charge is 0.494 e. The topological polar surface area (TPSA) is 60.0 Å². The second kappa shape index (κ2) is 6.97. The van der Waals surface area contributed by atoms with Crippen LogP contribution in [0.15, 0.2) is 24.3 Å². The number of ether oxygens (including phenoxy) is 1. The van der Waals surface area contributed by atoms with Gasteiger partial charge in [0.1, 0.15) is 6.10 Å². The molecule has 1 aromatic rings. The molecule has 1 aromatic carbocycles. The highest BCUT2D eigenvalue weighted by atomic mass is 16.7. The van der Waals surface area contributed by atoms with Crippen molar-refractivity contribution in [3.05, 3.63) is 29.8 Å². The van der Waals surface area contributed by atoms with Crippen molar-refractivity contribution in [2.75, 3.05) is 19.6 Å². The Labute approximate surface area is 179 Å². The van der Waals surface area contributed by atoms with Crippen LogP contribution in [0.2, 0.25) is 0 Å². The summed E-state index contributed by atoms with van der Waals surface area (Å²) < 4.78 is 18.1. The quantitative estimate of drug-likeness (QED) is 0.771. The smallest absolute Gasteiger partial charge is 0.445 e. The lowest BCUT2D eigenvalue weighted by molar-refractivity contribution is -0.0342. The molecule has 2 bridgehead atoms. The summed E-state index contributed by atoms with van der Waals surface area (Å²) in [4.78, 5) is 15.0. The number of amides is 1. The number of benzene rings is 1. The van der Waals surface area contributed by atoms with Gasteiger partial charge in [0.05, 0.1) is 16.7 Å². The first-order valence-electron chi connectivity index (χ1n) is 11.3. The molecule has 1 atom stereocenters. The Balaban J connectivity index is 1.22. The van der Waals surface area contributed by atoms with Gasteiger partial charge in [0.15, 0.2) is 0 Å². The van der Waals surface area contributed by atoms with E-state index in [2.05, 4.69) is 62.2 Å². The number of fused-ring (bicyclic) bond motifs is 3. The Kier molecular flexibility index (Phi) is 4.73. The van der Waals surface area contributed by atoms with Crippen molar-refractivity contribution in [3.8, 4) is 0 Å². The fraction of sp³-hybridized carbons (Fsp3) is 0.696. The zero-order valence-electron chi connectivity index (χ0n) is 18.6. The maximum Gasteiger partial charge on any atom is 0.494 e. The van der Waals surface area contributed by atoms with E-state index in [-0.39, 0.29) is 36.1 Å². The van der Waals surface area contributed by atoms with Gasteiger partial charge < -0.3 is 19.4 Å². The summed E-state index contributed by atoms with van der Waals surface area (Å²) in [6, 6.07) is 8.28. The second-order valence-electron chi connectivity index (χ2n) is 10.5. The molecule has 4 saturated heterocycles. The zero-order chi connectivity index (χ0) is 21.1. The van der Waals surface area contributed by atoms with Crippen LogP contribution in [0, 0.1) is 5.92 Å². The van der Waals surface area contributed by atoms with Crippen LogP contribution in [0.1, 0.15) is 58.9 Å². The van der Waals surface area contributed by atoms with Gasteiger partial charge in [-0.15, -0.1) is 0 Å². The molecule has 1 amide bonds. The molecular weight excluding hydrogens is 379 g/mol. The number of nitrogens with one attached hydrogen (secondary N) is 1. The van der Waals surface area contributed by atoms with Gasteiger partial charge >= 0.3 is 13.2 Å². The molecule has 4 heterocycles. The average molecular weight is 412 g/mol. The zero-order valence-corrected chi connectivity index (χ0v) is 18.6. The van der Waals surface area contributed by atoms with Gasteiger partial charge in [-0.25, -0.2) is 4.79 Å². The molecule has 4 aliphatic heterocycles. The summed E-state index contributed by atoms with van der Waals surface area (Å²) >= 11 is 0. The van der Waals surface area contributed by atoms with E-state index in [9.17, 15) is 4.79 Å². The first-order chi connectivity index (χ1) is 14.2.